The lowest BCUT2D eigenvalue weighted by Gasteiger charge is -2.35. The Labute approximate surface area is 117 Å². The molecule has 0 aromatic heterocycles. The average molecular weight is 287 g/mol. The number of rotatable bonds is 3. The fourth-order valence-corrected chi connectivity index (χ4v) is 2.40. The van der Waals surface area contributed by atoms with Crippen molar-refractivity contribution in [3.05, 3.63) is 23.8 Å². The van der Waals surface area contributed by atoms with Crippen LogP contribution in [0.3, 0.4) is 0 Å². The molecule has 0 atom stereocenters. The van der Waals surface area contributed by atoms with Crippen LogP contribution in [0.1, 0.15) is 12.5 Å². The quantitative estimate of drug-likeness (QED) is 0.922. The molecule has 1 heterocycles. The zero-order chi connectivity index (χ0) is 14.8. The van der Waals surface area contributed by atoms with E-state index in [9.17, 15) is 13.2 Å². The molecular formula is C14H20F3N3. The number of anilines is 2. The molecule has 0 amide bonds. The average Bonchev–Trinajstić information content (AvgIpc) is 2.39. The summed E-state index contributed by atoms with van der Waals surface area (Å²) in [5, 5.41) is 2.93. The lowest BCUT2D eigenvalue weighted by molar-refractivity contribution is -0.137. The summed E-state index contributed by atoms with van der Waals surface area (Å²) >= 11 is 0. The van der Waals surface area contributed by atoms with Gasteiger partial charge in [-0.05, 0) is 32.2 Å². The highest BCUT2D eigenvalue weighted by molar-refractivity contribution is 5.62. The van der Waals surface area contributed by atoms with E-state index in [4.69, 9.17) is 0 Å². The number of likely N-dealkylation sites (N-methyl/N-ethyl adjacent to an activating group) is 1. The summed E-state index contributed by atoms with van der Waals surface area (Å²) in [5.74, 6) is 0. The van der Waals surface area contributed by atoms with Gasteiger partial charge in [0, 0.05) is 44.1 Å². The first-order chi connectivity index (χ1) is 9.41. The molecule has 1 N–H and O–H groups in total. The third-order valence-electron chi connectivity index (χ3n) is 3.53. The van der Waals surface area contributed by atoms with Gasteiger partial charge in [-0.1, -0.05) is 0 Å². The Hall–Kier alpha value is -1.43. The van der Waals surface area contributed by atoms with E-state index in [1.165, 1.54) is 6.07 Å². The van der Waals surface area contributed by atoms with E-state index in [1.807, 2.05) is 18.9 Å². The molecule has 3 nitrogen and oxygen atoms in total. The SMILES string of the molecule is CCNc1ccc(N2CCN(C)CC2)c(C(F)(F)F)c1. The maximum Gasteiger partial charge on any atom is 0.418 e. The Bertz CT molecular complexity index is 451. The van der Waals surface area contributed by atoms with Gasteiger partial charge in [0.05, 0.1) is 5.56 Å². The summed E-state index contributed by atoms with van der Waals surface area (Å²) in [5.41, 5.74) is 0.241. The molecule has 20 heavy (non-hydrogen) atoms. The van der Waals surface area contributed by atoms with Gasteiger partial charge in [0.1, 0.15) is 0 Å². The predicted octanol–water partition coefficient (Wildman–Crippen LogP) is 2.89. The van der Waals surface area contributed by atoms with Crippen LogP contribution in [0.4, 0.5) is 24.5 Å². The van der Waals surface area contributed by atoms with E-state index in [2.05, 4.69) is 10.2 Å². The van der Waals surface area contributed by atoms with E-state index >= 15 is 0 Å². The van der Waals surface area contributed by atoms with Crippen LogP contribution in [0, 0.1) is 0 Å². The summed E-state index contributed by atoms with van der Waals surface area (Å²) < 4.78 is 39.7. The number of alkyl halides is 3. The Morgan fingerprint density at radius 3 is 2.35 bits per heavy atom. The second-order valence-corrected chi connectivity index (χ2v) is 5.05. The normalized spacial score (nSPS) is 17.4. The van der Waals surface area contributed by atoms with Crippen molar-refractivity contribution in [2.75, 3.05) is 50.0 Å². The topological polar surface area (TPSA) is 18.5 Å². The van der Waals surface area contributed by atoms with E-state index in [-0.39, 0.29) is 5.69 Å². The number of halogens is 3. The fourth-order valence-electron chi connectivity index (χ4n) is 2.40. The Morgan fingerprint density at radius 2 is 1.80 bits per heavy atom. The molecule has 1 aliphatic heterocycles. The van der Waals surface area contributed by atoms with Gasteiger partial charge in [-0.3, -0.25) is 0 Å². The smallest absolute Gasteiger partial charge is 0.385 e. The maximum absolute atomic E-state index is 13.2. The minimum atomic E-state index is -4.33. The molecule has 0 bridgehead atoms. The van der Waals surface area contributed by atoms with Crippen LogP contribution in [0.5, 0.6) is 0 Å². The molecule has 0 radical (unpaired) electrons. The van der Waals surface area contributed by atoms with Crippen LogP contribution in [-0.4, -0.2) is 44.7 Å². The van der Waals surface area contributed by atoms with E-state index in [1.54, 1.807) is 12.1 Å². The molecule has 1 aromatic rings. The van der Waals surface area contributed by atoms with Gasteiger partial charge in [-0.15, -0.1) is 0 Å². The Kier molecular flexibility index (Phi) is 4.42. The lowest BCUT2D eigenvalue weighted by Crippen LogP contribution is -2.45. The Morgan fingerprint density at radius 1 is 1.15 bits per heavy atom. The molecule has 0 spiro atoms. The fraction of sp³-hybridized carbons (Fsp3) is 0.571. The van der Waals surface area contributed by atoms with Crippen LogP contribution in [0.2, 0.25) is 0 Å². The zero-order valence-electron chi connectivity index (χ0n) is 11.8. The van der Waals surface area contributed by atoms with Crippen molar-refractivity contribution >= 4 is 11.4 Å². The summed E-state index contributed by atoms with van der Waals surface area (Å²) in [6.07, 6.45) is -4.33. The third kappa shape index (κ3) is 3.36. The number of hydrogen-bond donors (Lipinski definition) is 1. The monoisotopic (exact) mass is 287 g/mol. The molecular weight excluding hydrogens is 267 g/mol. The van der Waals surface area contributed by atoms with Crippen LogP contribution in [0.25, 0.3) is 0 Å². The minimum absolute atomic E-state index is 0.284. The van der Waals surface area contributed by atoms with Gasteiger partial charge >= 0.3 is 6.18 Å². The van der Waals surface area contributed by atoms with Crippen LogP contribution >= 0.6 is 0 Å². The highest BCUT2D eigenvalue weighted by Gasteiger charge is 2.35. The van der Waals surface area contributed by atoms with Crippen molar-refractivity contribution in [2.24, 2.45) is 0 Å². The molecule has 6 heteroatoms. The predicted molar refractivity (Wildman–Crippen MR) is 75.3 cm³/mol. The van der Waals surface area contributed by atoms with Crippen molar-refractivity contribution in [1.29, 1.82) is 0 Å². The number of nitrogens with one attached hydrogen (secondary N) is 1. The van der Waals surface area contributed by atoms with Crippen molar-refractivity contribution in [3.63, 3.8) is 0 Å². The third-order valence-corrected chi connectivity index (χ3v) is 3.53. The van der Waals surface area contributed by atoms with Crippen LogP contribution < -0.4 is 10.2 Å². The minimum Gasteiger partial charge on any atom is -0.385 e. The van der Waals surface area contributed by atoms with Gasteiger partial charge in [0.2, 0.25) is 0 Å². The van der Waals surface area contributed by atoms with E-state index in [0.29, 0.717) is 25.3 Å². The molecule has 0 saturated carbocycles. The molecule has 2 rings (SSSR count). The number of piperazine rings is 1. The molecule has 0 unspecified atom stereocenters. The largest absolute Gasteiger partial charge is 0.418 e. The summed E-state index contributed by atoms with van der Waals surface area (Å²) in [6.45, 7) is 5.28. The molecule has 112 valence electrons. The number of nitrogens with zero attached hydrogens (tertiary/aromatic N) is 2. The highest BCUT2D eigenvalue weighted by Crippen LogP contribution is 2.38. The molecule has 1 aliphatic rings. The van der Waals surface area contributed by atoms with E-state index in [0.717, 1.165) is 13.1 Å². The number of benzene rings is 1. The van der Waals surface area contributed by atoms with Gasteiger partial charge in [-0.25, -0.2) is 0 Å². The molecule has 1 saturated heterocycles. The Balaban J connectivity index is 2.31. The first-order valence-corrected chi connectivity index (χ1v) is 6.80. The maximum atomic E-state index is 13.2. The second-order valence-electron chi connectivity index (χ2n) is 5.05. The summed E-state index contributed by atoms with van der Waals surface area (Å²) in [6, 6.07) is 4.50. The van der Waals surface area contributed by atoms with E-state index < -0.39 is 11.7 Å². The standard InChI is InChI=1S/C14H20F3N3/c1-3-18-11-4-5-13(12(10-11)14(15,16)17)20-8-6-19(2)7-9-20/h4-5,10,18H,3,6-9H2,1-2H3. The molecule has 0 aliphatic carbocycles. The van der Waals surface area contributed by atoms with Gasteiger partial charge in [-0.2, -0.15) is 13.2 Å². The zero-order valence-corrected chi connectivity index (χ0v) is 11.8. The van der Waals surface area contributed by atoms with Crippen molar-refractivity contribution < 1.29 is 13.2 Å². The van der Waals surface area contributed by atoms with Gasteiger partial charge < -0.3 is 15.1 Å². The lowest BCUT2D eigenvalue weighted by atomic mass is 10.1. The summed E-state index contributed by atoms with van der Waals surface area (Å²) in [4.78, 5) is 3.94. The molecule has 1 fully saturated rings. The molecule has 1 aromatic carbocycles. The van der Waals surface area contributed by atoms with Crippen molar-refractivity contribution in [3.8, 4) is 0 Å². The van der Waals surface area contributed by atoms with Crippen LogP contribution in [-0.2, 0) is 6.18 Å². The van der Waals surface area contributed by atoms with Gasteiger partial charge in [0.15, 0.2) is 0 Å². The first kappa shape index (κ1) is 15.0. The van der Waals surface area contributed by atoms with Gasteiger partial charge in [0.25, 0.3) is 0 Å². The number of hydrogen-bond acceptors (Lipinski definition) is 3. The van der Waals surface area contributed by atoms with Crippen molar-refractivity contribution in [2.45, 2.75) is 13.1 Å². The van der Waals surface area contributed by atoms with Crippen LogP contribution in [0.15, 0.2) is 18.2 Å². The first-order valence-electron chi connectivity index (χ1n) is 6.80. The summed E-state index contributed by atoms with van der Waals surface area (Å²) in [7, 11) is 1.98. The van der Waals surface area contributed by atoms with Crippen molar-refractivity contribution in [1.82, 2.24) is 4.90 Å². The highest BCUT2D eigenvalue weighted by atomic mass is 19.4. The second kappa shape index (κ2) is 5.91.